The lowest BCUT2D eigenvalue weighted by Crippen LogP contribution is -2.28. The van der Waals surface area contributed by atoms with Crippen LogP contribution in [0.1, 0.15) is 50.2 Å². The molecule has 1 N–H and O–H groups in total. The maximum Gasteiger partial charge on any atom is 0.253 e. The van der Waals surface area contributed by atoms with Crippen molar-refractivity contribution >= 4 is 40.6 Å². The monoisotopic (exact) mass is 606 g/mol. The molecular weight excluding hydrogens is 577 g/mol. The minimum Gasteiger partial charge on any atom is -0.345 e. The van der Waals surface area contributed by atoms with Crippen molar-refractivity contribution in [3.63, 3.8) is 0 Å². The van der Waals surface area contributed by atoms with Crippen LogP contribution in [-0.4, -0.2) is 43.1 Å². The van der Waals surface area contributed by atoms with Crippen LogP contribution < -0.4 is 5.32 Å². The first kappa shape index (κ1) is 28.6. The van der Waals surface area contributed by atoms with Crippen LogP contribution in [0, 0.1) is 13.8 Å². The second-order valence-corrected chi connectivity index (χ2v) is 12.2. The number of nitrogens with zero attached hydrogens (tertiary/aromatic N) is 5. The summed E-state index contributed by atoms with van der Waals surface area (Å²) >= 11 is 2.94. The number of carbonyl (C=O) groups excluding carboxylic acids is 2. The van der Waals surface area contributed by atoms with Gasteiger partial charge in [-0.25, -0.2) is 5.01 Å². The summed E-state index contributed by atoms with van der Waals surface area (Å²) in [5.74, 6) is 0.393. The van der Waals surface area contributed by atoms with Gasteiger partial charge in [-0.1, -0.05) is 78.0 Å². The highest BCUT2D eigenvalue weighted by Gasteiger charge is 2.33. The van der Waals surface area contributed by atoms with Crippen molar-refractivity contribution in [2.75, 3.05) is 5.75 Å². The second kappa shape index (κ2) is 12.8. The van der Waals surface area contributed by atoms with E-state index in [9.17, 15) is 9.59 Å². The van der Waals surface area contributed by atoms with Gasteiger partial charge < -0.3 is 5.32 Å². The number of thiophene rings is 1. The van der Waals surface area contributed by atoms with Crippen LogP contribution >= 0.6 is 23.1 Å². The maximum atomic E-state index is 13.8. The Labute approximate surface area is 258 Å². The van der Waals surface area contributed by atoms with Crippen LogP contribution in [0.4, 0.5) is 0 Å². The summed E-state index contributed by atoms with van der Waals surface area (Å²) in [6.45, 7) is 4.25. The normalized spacial score (nSPS) is 14.5. The highest BCUT2D eigenvalue weighted by Crippen LogP contribution is 2.35. The van der Waals surface area contributed by atoms with E-state index in [2.05, 4.69) is 46.7 Å². The van der Waals surface area contributed by atoms with E-state index in [1.165, 1.54) is 17.3 Å². The molecule has 43 heavy (non-hydrogen) atoms. The Morgan fingerprint density at radius 2 is 1.74 bits per heavy atom. The first-order valence-electron chi connectivity index (χ1n) is 13.9. The lowest BCUT2D eigenvalue weighted by Gasteiger charge is -2.22. The Bertz CT molecular complexity index is 1760. The third-order valence-electron chi connectivity index (χ3n) is 7.16. The quantitative estimate of drug-likeness (QED) is 0.198. The minimum atomic E-state index is -0.195. The molecule has 1 aliphatic heterocycles. The maximum absolute atomic E-state index is 13.8. The molecule has 8 nitrogen and oxygen atoms in total. The van der Waals surface area contributed by atoms with E-state index in [4.69, 9.17) is 5.10 Å². The summed E-state index contributed by atoms with van der Waals surface area (Å²) in [6.07, 6.45) is 0.657. The topological polar surface area (TPSA) is 92.5 Å². The average molecular weight is 607 g/mol. The van der Waals surface area contributed by atoms with Crippen molar-refractivity contribution in [2.24, 2.45) is 5.10 Å². The van der Waals surface area contributed by atoms with E-state index < -0.39 is 0 Å². The summed E-state index contributed by atoms with van der Waals surface area (Å²) < 4.78 is 1.90. The van der Waals surface area contributed by atoms with Gasteiger partial charge in [0.05, 0.1) is 28.9 Å². The van der Waals surface area contributed by atoms with Crippen LogP contribution in [0.15, 0.2) is 107 Å². The van der Waals surface area contributed by atoms with Gasteiger partial charge in [0.25, 0.3) is 11.8 Å². The Morgan fingerprint density at radius 3 is 2.49 bits per heavy atom. The molecule has 2 amide bonds. The largest absolute Gasteiger partial charge is 0.345 e. The van der Waals surface area contributed by atoms with E-state index in [0.717, 1.165) is 27.4 Å². The molecule has 5 aromatic rings. The number of aryl methyl sites for hydroxylation is 2. The smallest absolute Gasteiger partial charge is 0.253 e. The van der Waals surface area contributed by atoms with Gasteiger partial charge in [0.1, 0.15) is 0 Å². The van der Waals surface area contributed by atoms with Crippen LogP contribution in [0.3, 0.4) is 0 Å². The number of hydrogen-bond donors (Lipinski definition) is 1. The van der Waals surface area contributed by atoms with Gasteiger partial charge in [-0.05, 0) is 60.7 Å². The van der Waals surface area contributed by atoms with Crippen molar-refractivity contribution in [3.05, 3.63) is 129 Å². The van der Waals surface area contributed by atoms with Crippen LogP contribution in [0.5, 0.6) is 0 Å². The van der Waals surface area contributed by atoms with Gasteiger partial charge in [-0.2, -0.15) is 5.10 Å². The SMILES string of the molecule is Cc1ccc(C2CC(c3cccs3)=NN2C(=O)CSc2nnc(CNC(=O)c3ccccc3)n2-c2cccc(C)c2)cc1. The van der Waals surface area contributed by atoms with E-state index in [-0.39, 0.29) is 30.2 Å². The number of benzene rings is 3. The molecule has 0 bridgehead atoms. The second-order valence-electron chi connectivity index (χ2n) is 10.3. The number of carbonyl (C=O) groups is 2. The average Bonchev–Trinajstić information content (AvgIpc) is 3.80. The summed E-state index contributed by atoms with van der Waals surface area (Å²) in [4.78, 5) is 27.6. The first-order valence-corrected chi connectivity index (χ1v) is 15.8. The lowest BCUT2D eigenvalue weighted by molar-refractivity contribution is -0.130. The van der Waals surface area contributed by atoms with Crippen LogP contribution in [0.2, 0.25) is 0 Å². The Hall–Kier alpha value is -4.54. The Kier molecular flexibility index (Phi) is 8.48. The predicted octanol–water partition coefficient (Wildman–Crippen LogP) is 6.35. The first-order chi connectivity index (χ1) is 21.0. The van der Waals surface area contributed by atoms with E-state index in [0.29, 0.717) is 23.0 Å². The molecule has 0 radical (unpaired) electrons. The molecule has 3 heterocycles. The van der Waals surface area contributed by atoms with Crippen molar-refractivity contribution in [3.8, 4) is 5.69 Å². The molecule has 0 spiro atoms. The van der Waals surface area contributed by atoms with Gasteiger partial charge in [-0.3, -0.25) is 14.2 Å². The molecular formula is C33H30N6O2S2. The van der Waals surface area contributed by atoms with Gasteiger partial charge in [0, 0.05) is 17.7 Å². The standard InChI is InChI=1S/C33H30N6O2S2/c1-22-13-15-24(16-14-22)28-19-27(29-12-7-17-42-29)37-39(28)31(40)21-43-33-36-35-30(38(33)26-11-6-8-23(2)18-26)20-34-32(41)25-9-4-3-5-10-25/h3-18,28H,19-21H2,1-2H3,(H,34,41). The molecule has 1 atom stereocenters. The molecule has 6 rings (SSSR count). The zero-order chi connectivity index (χ0) is 29.8. The van der Waals surface area contributed by atoms with E-state index >= 15 is 0 Å². The van der Waals surface area contributed by atoms with Crippen molar-refractivity contribution in [2.45, 2.75) is 38.0 Å². The van der Waals surface area contributed by atoms with Crippen LogP contribution in [0.25, 0.3) is 5.69 Å². The molecule has 0 saturated heterocycles. The predicted molar refractivity (Wildman–Crippen MR) is 171 cm³/mol. The highest BCUT2D eigenvalue weighted by atomic mass is 32.2. The lowest BCUT2D eigenvalue weighted by atomic mass is 10.00. The van der Waals surface area contributed by atoms with Crippen molar-refractivity contribution < 1.29 is 9.59 Å². The summed E-state index contributed by atoms with van der Waals surface area (Å²) in [7, 11) is 0. The third-order valence-corrected chi connectivity index (χ3v) is 8.99. The van der Waals surface area contributed by atoms with Gasteiger partial charge >= 0.3 is 0 Å². The van der Waals surface area contributed by atoms with Crippen LogP contribution in [-0.2, 0) is 11.3 Å². The molecule has 1 aliphatic rings. The number of thioether (sulfide) groups is 1. The zero-order valence-corrected chi connectivity index (χ0v) is 25.4. The molecule has 3 aromatic carbocycles. The van der Waals surface area contributed by atoms with E-state index in [1.54, 1.807) is 28.5 Å². The summed E-state index contributed by atoms with van der Waals surface area (Å²) in [6, 6.07) is 29.2. The summed E-state index contributed by atoms with van der Waals surface area (Å²) in [5, 5.41) is 20.8. The number of nitrogens with one attached hydrogen (secondary N) is 1. The highest BCUT2D eigenvalue weighted by molar-refractivity contribution is 7.99. The fraction of sp³-hybridized carbons (Fsp3) is 0.182. The molecule has 10 heteroatoms. The van der Waals surface area contributed by atoms with E-state index in [1.807, 2.05) is 71.5 Å². The molecule has 216 valence electrons. The van der Waals surface area contributed by atoms with Gasteiger partial charge in [-0.15, -0.1) is 21.5 Å². The molecule has 2 aromatic heterocycles. The number of amides is 2. The Balaban J connectivity index is 1.24. The number of aromatic nitrogens is 3. The number of hydrazone groups is 1. The van der Waals surface area contributed by atoms with Gasteiger partial charge in [0.2, 0.25) is 0 Å². The summed E-state index contributed by atoms with van der Waals surface area (Å²) in [5.41, 5.74) is 5.64. The molecule has 0 fully saturated rings. The fourth-order valence-electron chi connectivity index (χ4n) is 4.96. The molecule has 1 unspecified atom stereocenters. The molecule has 0 saturated carbocycles. The fourth-order valence-corrected chi connectivity index (χ4v) is 6.50. The zero-order valence-electron chi connectivity index (χ0n) is 23.8. The Morgan fingerprint density at radius 1 is 0.930 bits per heavy atom. The molecule has 0 aliphatic carbocycles. The number of rotatable bonds is 9. The van der Waals surface area contributed by atoms with Gasteiger partial charge in [0.15, 0.2) is 11.0 Å². The number of hydrogen-bond acceptors (Lipinski definition) is 7. The third kappa shape index (κ3) is 6.45. The van der Waals surface area contributed by atoms with Crippen molar-refractivity contribution in [1.29, 1.82) is 0 Å². The van der Waals surface area contributed by atoms with Crippen molar-refractivity contribution in [1.82, 2.24) is 25.1 Å². The minimum absolute atomic E-state index is 0.111.